The summed E-state index contributed by atoms with van der Waals surface area (Å²) in [5, 5.41) is 11.5. The highest BCUT2D eigenvalue weighted by molar-refractivity contribution is 14.1. The first kappa shape index (κ1) is 15.2. The lowest BCUT2D eigenvalue weighted by atomic mass is 10.1. The van der Waals surface area contributed by atoms with Crippen molar-refractivity contribution in [3.05, 3.63) is 23.8 Å². The molecule has 2 heterocycles. The van der Waals surface area contributed by atoms with Crippen LogP contribution in [0.3, 0.4) is 0 Å². The van der Waals surface area contributed by atoms with E-state index in [0.717, 1.165) is 11.3 Å². The van der Waals surface area contributed by atoms with E-state index in [1.54, 1.807) is 16.6 Å². The number of nitrogens with zero attached hydrogens (tertiary/aromatic N) is 5. The Morgan fingerprint density at radius 1 is 1.32 bits per heavy atom. The molecule has 1 aliphatic heterocycles. The Morgan fingerprint density at radius 3 is 2.73 bits per heavy atom. The van der Waals surface area contributed by atoms with Gasteiger partial charge in [-0.1, -0.05) is 0 Å². The van der Waals surface area contributed by atoms with Crippen molar-refractivity contribution in [3.8, 4) is 11.4 Å². The SMILES string of the molecule is Cn1nnnc1-c1cc(NI)cc(C(=O)N2CCOCC2)c1. The fourth-order valence-corrected chi connectivity index (χ4v) is 2.67. The second-order valence-corrected chi connectivity index (χ2v) is 5.46. The molecule has 3 rings (SSSR count). The van der Waals surface area contributed by atoms with E-state index in [4.69, 9.17) is 4.74 Å². The van der Waals surface area contributed by atoms with Crippen LogP contribution in [-0.2, 0) is 11.8 Å². The van der Waals surface area contributed by atoms with E-state index >= 15 is 0 Å². The third-order valence-electron chi connectivity index (χ3n) is 3.47. The molecule has 9 heteroatoms. The Morgan fingerprint density at radius 2 is 2.09 bits per heavy atom. The number of halogens is 1. The third-order valence-corrected chi connectivity index (χ3v) is 4.09. The van der Waals surface area contributed by atoms with Gasteiger partial charge in [0.2, 0.25) is 0 Å². The Bertz CT molecular complexity index is 683. The minimum Gasteiger partial charge on any atom is -0.378 e. The van der Waals surface area contributed by atoms with Crippen LogP contribution < -0.4 is 3.53 Å². The summed E-state index contributed by atoms with van der Waals surface area (Å²) in [6, 6.07) is 5.56. The van der Waals surface area contributed by atoms with Gasteiger partial charge < -0.3 is 13.2 Å². The van der Waals surface area contributed by atoms with E-state index in [1.807, 2.05) is 41.1 Å². The summed E-state index contributed by atoms with van der Waals surface area (Å²) in [6.45, 7) is 2.38. The highest BCUT2D eigenvalue weighted by atomic mass is 127. The maximum atomic E-state index is 12.7. The molecular formula is C13H15IN6O2. The monoisotopic (exact) mass is 414 g/mol. The summed E-state index contributed by atoms with van der Waals surface area (Å²) in [7, 11) is 1.77. The third kappa shape index (κ3) is 3.04. The number of carbonyl (C=O) groups is 1. The predicted molar refractivity (Wildman–Crippen MR) is 88.6 cm³/mol. The highest BCUT2D eigenvalue weighted by Gasteiger charge is 2.20. The van der Waals surface area contributed by atoms with Gasteiger partial charge in [0.25, 0.3) is 5.91 Å². The van der Waals surface area contributed by atoms with Gasteiger partial charge in [0.15, 0.2) is 5.82 Å². The van der Waals surface area contributed by atoms with E-state index in [9.17, 15) is 4.79 Å². The van der Waals surface area contributed by atoms with Crippen molar-refractivity contribution < 1.29 is 9.53 Å². The van der Waals surface area contributed by atoms with Crippen molar-refractivity contribution in [2.24, 2.45) is 7.05 Å². The lowest BCUT2D eigenvalue weighted by Crippen LogP contribution is -2.40. The summed E-state index contributed by atoms with van der Waals surface area (Å²) in [6.07, 6.45) is 0. The molecule has 1 saturated heterocycles. The van der Waals surface area contributed by atoms with Gasteiger partial charge in [0.1, 0.15) is 0 Å². The van der Waals surface area contributed by atoms with Crippen LogP contribution in [0.5, 0.6) is 0 Å². The van der Waals surface area contributed by atoms with Crippen LogP contribution in [0.4, 0.5) is 5.69 Å². The van der Waals surface area contributed by atoms with Crippen molar-refractivity contribution >= 4 is 34.5 Å². The molecule has 1 aromatic heterocycles. The molecule has 116 valence electrons. The van der Waals surface area contributed by atoms with Crippen LogP contribution in [0.25, 0.3) is 11.4 Å². The molecular weight excluding hydrogens is 399 g/mol. The van der Waals surface area contributed by atoms with E-state index in [1.165, 1.54) is 0 Å². The molecule has 0 aliphatic carbocycles. The predicted octanol–water partition coefficient (Wildman–Crippen LogP) is 1.11. The summed E-state index contributed by atoms with van der Waals surface area (Å²) in [5.74, 6) is 0.609. The van der Waals surface area contributed by atoms with Crippen molar-refractivity contribution in [1.82, 2.24) is 25.1 Å². The number of morpholine rings is 1. The van der Waals surface area contributed by atoms with Gasteiger partial charge in [0.05, 0.1) is 36.1 Å². The van der Waals surface area contributed by atoms with Crippen LogP contribution in [0.15, 0.2) is 18.2 Å². The number of anilines is 1. The number of hydrogen-bond acceptors (Lipinski definition) is 6. The molecule has 0 unspecified atom stereocenters. The van der Waals surface area contributed by atoms with Gasteiger partial charge in [0, 0.05) is 37.0 Å². The largest absolute Gasteiger partial charge is 0.378 e. The summed E-state index contributed by atoms with van der Waals surface area (Å²) in [4.78, 5) is 14.5. The first-order chi connectivity index (χ1) is 10.7. The average molecular weight is 414 g/mol. The molecule has 1 amide bonds. The van der Waals surface area contributed by atoms with Gasteiger partial charge in [-0.05, 0) is 28.6 Å². The molecule has 0 atom stereocenters. The molecule has 0 radical (unpaired) electrons. The lowest BCUT2D eigenvalue weighted by molar-refractivity contribution is 0.0303. The molecule has 2 aromatic rings. The number of rotatable bonds is 3. The maximum absolute atomic E-state index is 12.7. The van der Waals surface area contributed by atoms with E-state index in [2.05, 4.69) is 19.1 Å². The number of amides is 1. The van der Waals surface area contributed by atoms with E-state index in [-0.39, 0.29) is 5.91 Å². The summed E-state index contributed by atoms with van der Waals surface area (Å²) >= 11 is 2.04. The van der Waals surface area contributed by atoms with Gasteiger partial charge in [-0.3, -0.25) is 4.79 Å². The highest BCUT2D eigenvalue weighted by Crippen LogP contribution is 2.24. The average Bonchev–Trinajstić information content (AvgIpc) is 3.00. The first-order valence-corrected chi connectivity index (χ1v) is 7.88. The number of aromatic nitrogens is 4. The second-order valence-electron chi connectivity index (χ2n) is 4.92. The molecule has 0 bridgehead atoms. The molecule has 1 aromatic carbocycles. The molecule has 0 saturated carbocycles. The Labute approximate surface area is 141 Å². The zero-order valence-electron chi connectivity index (χ0n) is 12.0. The number of aryl methyl sites for hydroxylation is 1. The number of benzene rings is 1. The number of ether oxygens (including phenoxy) is 1. The first-order valence-electron chi connectivity index (χ1n) is 6.80. The van der Waals surface area contributed by atoms with Crippen LogP contribution in [0.2, 0.25) is 0 Å². The van der Waals surface area contributed by atoms with Gasteiger partial charge in [-0.15, -0.1) is 5.10 Å². The topological polar surface area (TPSA) is 85.2 Å². The minimum absolute atomic E-state index is 0.00632. The maximum Gasteiger partial charge on any atom is 0.254 e. The molecule has 1 aliphatic rings. The number of hydrogen-bond donors (Lipinski definition) is 1. The normalized spacial score (nSPS) is 14.9. The standard InChI is InChI=1S/C13H15IN6O2/c1-19-12(16-17-18-19)9-6-10(8-11(7-9)15-14)13(21)20-2-4-22-5-3-20/h6-8,15H,2-5H2,1H3. The van der Waals surface area contributed by atoms with Gasteiger partial charge in [-0.2, -0.15) is 0 Å². The Balaban J connectivity index is 1.97. The fourth-order valence-electron chi connectivity index (χ4n) is 2.36. The number of nitrogens with one attached hydrogen (secondary N) is 1. The smallest absolute Gasteiger partial charge is 0.254 e. The minimum atomic E-state index is -0.00632. The Kier molecular flexibility index (Phi) is 4.52. The van der Waals surface area contributed by atoms with Crippen LogP contribution in [0.1, 0.15) is 10.4 Å². The lowest BCUT2D eigenvalue weighted by Gasteiger charge is -2.27. The van der Waals surface area contributed by atoms with Crippen molar-refractivity contribution in [3.63, 3.8) is 0 Å². The van der Waals surface area contributed by atoms with Crippen LogP contribution >= 0.6 is 22.9 Å². The molecule has 1 N–H and O–H groups in total. The quantitative estimate of drug-likeness (QED) is 0.599. The van der Waals surface area contributed by atoms with Crippen molar-refractivity contribution in [1.29, 1.82) is 0 Å². The second kappa shape index (κ2) is 6.57. The molecule has 0 spiro atoms. The van der Waals surface area contributed by atoms with E-state index < -0.39 is 0 Å². The zero-order chi connectivity index (χ0) is 15.5. The molecule has 1 fully saturated rings. The number of tetrazole rings is 1. The summed E-state index contributed by atoms with van der Waals surface area (Å²) in [5.41, 5.74) is 2.24. The Hall–Kier alpha value is -1.75. The van der Waals surface area contributed by atoms with Crippen molar-refractivity contribution in [2.45, 2.75) is 0 Å². The number of carbonyl (C=O) groups excluding carboxylic acids is 1. The van der Waals surface area contributed by atoms with Crippen molar-refractivity contribution in [2.75, 3.05) is 29.8 Å². The summed E-state index contributed by atoms with van der Waals surface area (Å²) < 4.78 is 9.91. The van der Waals surface area contributed by atoms with Gasteiger partial charge >= 0.3 is 0 Å². The van der Waals surface area contributed by atoms with Gasteiger partial charge in [-0.25, -0.2) is 4.68 Å². The van der Waals surface area contributed by atoms with Crippen LogP contribution in [0, 0.1) is 0 Å². The van der Waals surface area contributed by atoms with Crippen LogP contribution in [-0.4, -0.2) is 57.3 Å². The van der Waals surface area contributed by atoms with E-state index in [0.29, 0.717) is 37.7 Å². The molecule has 8 nitrogen and oxygen atoms in total. The molecule has 22 heavy (non-hydrogen) atoms. The zero-order valence-corrected chi connectivity index (χ0v) is 14.1. The fraction of sp³-hybridized carbons (Fsp3) is 0.385.